The average Bonchev–Trinajstić information content (AvgIpc) is 3.09. The van der Waals surface area contributed by atoms with Crippen molar-refractivity contribution in [3.63, 3.8) is 0 Å². The number of methoxy groups -OCH3 is 1. The molecule has 0 spiro atoms. The third kappa shape index (κ3) is 5.48. The molecule has 2 rings (SSSR count). The molecule has 9 heteroatoms. The van der Waals surface area contributed by atoms with Gasteiger partial charge in [0.25, 0.3) is 0 Å². The number of hydrogen-bond acceptors (Lipinski definition) is 6. The molecule has 0 bridgehead atoms. The third-order valence-electron chi connectivity index (χ3n) is 3.34. The van der Waals surface area contributed by atoms with E-state index in [0.29, 0.717) is 18.0 Å². The van der Waals surface area contributed by atoms with Crippen molar-refractivity contribution in [1.29, 1.82) is 0 Å². The van der Waals surface area contributed by atoms with Gasteiger partial charge < -0.3 is 25.0 Å². The lowest BCUT2D eigenvalue weighted by Crippen LogP contribution is -2.37. The summed E-state index contributed by atoms with van der Waals surface area (Å²) in [6.45, 7) is 1.98. The zero-order valence-electron chi connectivity index (χ0n) is 14.0. The number of ether oxygens (including phenoxy) is 1. The Morgan fingerprint density at radius 1 is 1.40 bits per heavy atom. The predicted octanol–water partition coefficient (Wildman–Crippen LogP) is 1.97. The first-order valence-corrected chi connectivity index (χ1v) is 7.73. The molecule has 2 aromatic rings. The highest BCUT2D eigenvalue weighted by Gasteiger charge is 2.17. The number of urea groups is 1. The first-order valence-electron chi connectivity index (χ1n) is 7.73. The number of carbonyl (C=O) groups is 2. The van der Waals surface area contributed by atoms with Gasteiger partial charge in [-0.3, -0.25) is 4.79 Å². The molecule has 1 heterocycles. The topological polar surface area (TPSA) is 127 Å². The zero-order valence-corrected chi connectivity index (χ0v) is 14.0. The fourth-order valence-electron chi connectivity index (χ4n) is 2.04. The normalized spacial score (nSPS) is 11.6. The van der Waals surface area contributed by atoms with Crippen molar-refractivity contribution in [2.75, 3.05) is 13.7 Å². The number of benzene rings is 1. The van der Waals surface area contributed by atoms with Gasteiger partial charge in [-0.2, -0.15) is 4.98 Å². The summed E-state index contributed by atoms with van der Waals surface area (Å²) in [5, 5.41) is 17.7. The van der Waals surface area contributed by atoms with Crippen molar-refractivity contribution < 1.29 is 24.0 Å². The Morgan fingerprint density at radius 3 is 2.92 bits per heavy atom. The number of amides is 2. The largest absolute Gasteiger partial charge is 0.497 e. The molecule has 9 nitrogen and oxygen atoms in total. The van der Waals surface area contributed by atoms with Gasteiger partial charge in [-0.05, 0) is 25.5 Å². The van der Waals surface area contributed by atoms with E-state index in [9.17, 15) is 9.59 Å². The number of aromatic nitrogens is 2. The zero-order chi connectivity index (χ0) is 18.2. The Kier molecular flexibility index (Phi) is 6.33. The van der Waals surface area contributed by atoms with Gasteiger partial charge in [0.2, 0.25) is 11.7 Å². The first-order chi connectivity index (χ1) is 12.0. The van der Waals surface area contributed by atoms with Crippen LogP contribution in [0.2, 0.25) is 0 Å². The van der Waals surface area contributed by atoms with Gasteiger partial charge >= 0.3 is 12.0 Å². The molecular weight excluding hydrogens is 328 g/mol. The molecule has 1 unspecified atom stereocenters. The smallest absolute Gasteiger partial charge is 0.315 e. The van der Waals surface area contributed by atoms with Gasteiger partial charge in [-0.15, -0.1) is 0 Å². The quantitative estimate of drug-likeness (QED) is 0.622. The van der Waals surface area contributed by atoms with E-state index in [2.05, 4.69) is 20.8 Å². The summed E-state index contributed by atoms with van der Waals surface area (Å²) in [4.78, 5) is 26.4. The summed E-state index contributed by atoms with van der Waals surface area (Å²) in [6, 6.07) is 6.30. The van der Waals surface area contributed by atoms with Gasteiger partial charge in [-0.1, -0.05) is 17.3 Å². The Labute approximate surface area is 144 Å². The van der Waals surface area contributed by atoms with E-state index in [1.807, 2.05) is 18.2 Å². The number of rotatable bonds is 8. The number of nitrogens with one attached hydrogen (secondary N) is 2. The lowest BCUT2D eigenvalue weighted by atomic mass is 10.2. The van der Waals surface area contributed by atoms with Gasteiger partial charge in [0, 0.05) is 18.5 Å². The van der Waals surface area contributed by atoms with Crippen LogP contribution in [0, 0.1) is 0 Å². The first kappa shape index (κ1) is 18.2. The lowest BCUT2D eigenvalue weighted by Gasteiger charge is -2.10. The van der Waals surface area contributed by atoms with E-state index in [0.717, 1.165) is 5.56 Å². The van der Waals surface area contributed by atoms with Crippen LogP contribution in [0.5, 0.6) is 5.75 Å². The maximum atomic E-state index is 11.8. The van der Waals surface area contributed by atoms with Crippen LogP contribution in [0.25, 0.3) is 11.4 Å². The van der Waals surface area contributed by atoms with Crippen molar-refractivity contribution in [3.05, 3.63) is 30.2 Å². The maximum absolute atomic E-state index is 11.8. The summed E-state index contributed by atoms with van der Waals surface area (Å²) in [5.74, 6) is 0.435. The highest BCUT2D eigenvalue weighted by atomic mass is 16.5. The Bertz CT molecular complexity index is 731. The van der Waals surface area contributed by atoms with Crippen molar-refractivity contribution in [1.82, 2.24) is 20.8 Å². The standard InChI is InChI=1S/C16H20N4O5/c1-10(18-16(23)17-8-4-7-13(21)22)15-19-14(20-25-15)11-5-3-6-12(9-11)24-2/h3,5-6,9-10H,4,7-8H2,1-2H3,(H,21,22)(H2,17,18,23). The van der Waals surface area contributed by atoms with Crippen LogP contribution in [0.4, 0.5) is 4.79 Å². The van der Waals surface area contributed by atoms with Crippen molar-refractivity contribution in [2.24, 2.45) is 0 Å². The number of carbonyl (C=O) groups excluding carboxylic acids is 1. The molecule has 25 heavy (non-hydrogen) atoms. The second kappa shape index (κ2) is 8.67. The Morgan fingerprint density at radius 2 is 2.20 bits per heavy atom. The number of nitrogens with zero attached hydrogens (tertiary/aromatic N) is 2. The summed E-state index contributed by atoms with van der Waals surface area (Å²) in [5.41, 5.74) is 0.736. The van der Waals surface area contributed by atoms with E-state index in [4.69, 9.17) is 14.4 Å². The molecule has 3 N–H and O–H groups in total. The van der Waals surface area contributed by atoms with Crippen LogP contribution >= 0.6 is 0 Å². The van der Waals surface area contributed by atoms with E-state index >= 15 is 0 Å². The summed E-state index contributed by atoms with van der Waals surface area (Å²) < 4.78 is 10.3. The molecule has 0 aliphatic carbocycles. The van der Waals surface area contributed by atoms with Crippen molar-refractivity contribution in [2.45, 2.75) is 25.8 Å². The highest BCUT2D eigenvalue weighted by Crippen LogP contribution is 2.22. The van der Waals surface area contributed by atoms with Crippen LogP contribution in [0.1, 0.15) is 31.7 Å². The molecular formula is C16H20N4O5. The van der Waals surface area contributed by atoms with E-state index in [1.54, 1.807) is 20.1 Å². The molecule has 134 valence electrons. The van der Waals surface area contributed by atoms with Gasteiger partial charge in [0.15, 0.2) is 0 Å². The van der Waals surface area contributed by atoms with E-state index in [-0.39, 0.29) is 18.9 Å². The van der Waals surface area contributed by atoms with Gasteiger partial charge in [0.1, 0.15) is 11.8 Å². The third-order valence-corrected chi connectivity index (χ3v) is 3.34. The minimum Gasteiger partial charge on any atom is -0.497 e. The number of aliphatic carboxylic acids is 1. The van der Waals surface area contributed by atoms with Crippen molar-refractivity contribution in [3.8, 4) is 17.1 Å². The average molecular weight is 348 g/mol. The number of hydrogen-bond donors (Lipinski definition) is 3. The number of carboxylic acid groups (broad SMARTS) is 1. The maximum Gasteiger partial charge on any atom is 0.315 e. The second-order valence-corrected chi connectivity index (χ2v) is 5.31. The van der Waals surface area contributed by atoms with Crippen LogP contribution in [-0.4, -0.2) is 40.9 Å². The SMILES string of the molecule is COc1cccc(-c2noc(C(C)NC(=O)NCCCC(=O)O)n2)c1. The van der Waals surface area contributed by atoms with E-state index < -0.39 is 18.0 Å². The van der Waals surface area contributed by atoms with Crippen LogP contribution in [0.15, 0.2) is 28.8 Å². The molecule has 1 atom stereocenters. The number of carboxylic acids is 1. The monoisotopic (exact) mass is 348 g/mol. The van der Waals surface area contributed by atoms with Crippen LogP contribution < -0.4 is 15.4 Å². The summed E-state index contributed by atoms with van der Waals surface area (Å²) in [6.07, 6.45) is 0.362. The molecule has 0 radical (unpaired) electrons. The summed E-state index contributed by atoms with van der Waals surface area (Å²) >= 11 is 0. The molecule has 0 fully saturated rings. The molecule has 0 aliphatic heterocycles. The molecule has 0 saturated carbocycles. The summed E-state index contributed by atoms with van der Waals surface area (Å²) in [7, 11) is 1.57. The predicted molar refractivity (Wildman–Crippen MR) is 88.1 cm³/mol. The molecule has 1 aromatic carbocycles. The fraction of sp³-hybridized carbons (Fsp3) is 0.375. The second-order valence-electron chi connectivity index (χ2n) is 5.31. The minimum atomic E-state index is -0.897. The molecule has 0 aliphatic rings. The Balaban J connectivity index is 1.90. The highest BCUT2D eigenvalue weighted by molar-refractivity contribution is 5.74. The Hall–Kier alpha value is -3.10. The van der Waals surface area contributed by atoms with Gasteiger partial charge in [0.05, 0.1) is 7.11 Å². The van der Waals surface area contributed by atoms with Crippen molar-refractivity contribution >= 4 is 12.0 Å². The molecule has 1 aromatic heterocycles. The van der Waals surface area contributed by atoms with E-state index in [1.165, 1.54) is 0 Å². The minimum absolute atomic E-state index is 0.00336. The van der Waals surface area contributed by atoms with Crippen LogP contribution in [-0.2, 0) is 4.79 Å². The molecule has 2 amide bonds. The fourth-order valence-corrected chi connectivity index (χ4v) is 2.04. The lowest BCUT2D eigenvalue weighted by molar-refractivity contribution is -0.137. The van der Waals surface area contributed by atoms with Gasteiger partial charge in [-0.25, -0.2) is 4.79 Å². The van der Waals surface area contributed by atoms with Crippen LogP contribution in [0.3, 0.4) is 0 Å². The molecule has 0 saturated heterocycles.